The van der Waals surface area contributed by atoms with E-state index in [1.807, 2.05) is 11.9 Å². The van der Waals surface area contributed by atoms with Crippen LogP contribution in [0.15, 0.2) is 24.3 Å². The number of aryl methyl sites for hydroxylation is 1. The van der Waals surface area contributed by atoms with Crippen molar-refractivity contribution < 1.29 is 9.90 Å². The molecule has 94 valence electrons. The van der Waals surface area contributed by atoms with Gasteiger partial charge in [-0.15, -0.1) is 0 Å². The smallest absolute Gasteiger partial charge is 0.307 e. The standard InChI is InChI=1S/C14H21NO2/c1-4-12-5-7-13(8-6-12)10-15(3)9-11(2)14(16)17/h5-8,11H,4,9-10H2,1-3H3,(H,16,17). The van der Waals surface area contributed by atoms with Crippen LogP contribution in [0, 0.1) is 5.92 Å². The van der Waals surface area contributed by atoms with Gasteiger partial charge in [-0.1, -0.05) is 38.1 Å². The third-order valence-corrected chi connectivity index (χ3v) is 2.89. The first-order chi connectivity index (χ1) is 8.02. The summed E-state index contributed by atoms with van der Waals surface area (Å²) in [4.78, 5) is 12.8. The van der Waals surface area contributed by atoms with Gasteiger partial charge in [-0.25, -0.2) is 0 Å². The van der Waals surface area contributed by atoms with Crippen molar-refractivity contribution in [3.05, 3.63) is 35.4 Å². The van der Waals surface area contributed by atoms with Gasteiger partial charge in [0.15, 0.2) is 0 Å². The second-order valence-corrected chi connectivity index (χ2v) is 4.61. The summed E-state index contributed by atoms with van der Waals surface area (Å²) >= 11 is 0. The van der Waals surface area contributed by atoms with Gasteiger partial charge in [-0.2, -0.15) is 0 Å². The highest BCUT2D eigenvalue weighted by Gasteiger charge is 2.13. The van der Waals surface area contributed by atoms with Crippen LogP contribution in [0.4, 0.5) is 0 Å². The van der Waals surface area contributed by atoms with E-state index < -0.39 is 5.97 Å². The molecule has 0 heterocycles. The van der Waals surface area contributed by atoms with E-state index in [1.165, 1.54) is 11.1 Å². The fourth-order valence-corrected chi connectivity index (χ4v) is 1.80. The van der Waals surface area contributed by atoms with Gasteiger partial charge in [-0.3, -0.25) is 4.79 Å². The molecule has 0 aliphatic rings. The molecule has 1 rings (SSSR count). The first-order valence-corrected chi connectivity index (χ1v) is 6.02. The third-order valence-electron chi connectivity index (χ3n) is 2.89. The zero-order valence-electron chi connectivity index (χ0n) is 10.8. The Hall–Kier alpha value is -1.35. The molecule has 0 aliphatic carbocycles. The molecule has 1 N–H and O–H groups in total. The summed E-state index contributed by atoms with van der Waals surface area (Å²) in [6.07, 6.45) is 1.05. The van der Waals surface area contributed by atoms with Crippen molar-refractivity contribution in [1.29, 1.82) is 0 Å². The van der Waals surface area contributed by atoms with Gasteiger partial charge in [0.25, 0.3) is 0 Å². The molecule has 0 spiro atoms. The normalized spacial score (nSPS) is 12.7. The van der Waals surface area contributed by atoms with Gasteiger partial charge in [0.1, 0.15) is 0 Å². The van der Waals surface area contributed by atoms with Gasteiger partial charge in [-0.05, 0) is 24.6 Å². The number of carbonyl (C=O) groups is 1. The Morgan fingerprint density at radius 2 is 1.82 bits per heavy atom. The number of hydrogen-bond acceptors (Lipinski definition) is 2. The van der Waals surface area contributed by atoms with Gasteiger partial charge in [0, 0.05) is 13.1 Å². The van der Waals surface area contributed by atoms with E-state index in [0.717, 1.165) is 13.0 Å². The lowest BCUT2D eigenvalue weighted by Crippen LogP contribution is -2.28. The number of carboxylic acids is 1. The first-order valence-electron chi connectivity index (χ1n) is 6.02. The number of nitrogens with zero attached hydrogens (tertiary/aromatic N) is 1. The second-order valence-electron chi connectivity index (χ2n) is 4.61. The van der Waals surface area contributed by atoms with Crippen molar-refractivity contribution in [3.8, 4) is 0 Å². The maximum atomic E-state index is 10.7. The molecule has 0 bridgehead atoms. The minimum atomic E-state index is -0.738. The topological polar surface area (TPSA) is 40.5 Å². The van der Waals surface area contributed by atoms with Crippen LogP contribution in [0.5, 0.6) is 0 Å². The summed E-state index contributed by atoms with van der Waals surface area (Å²) in [5, 5.41) is 8.84. The number of hydrogen-bond donors (Lipinski definition) is 1. The van der Waals surface area contributed by atoms with E-state index in [-0.39, 0.29) is 5.92 Å². The van der Waals surface area contributed by atoms with Crippen LogP contribution >= 0.6 is 0 Å². The number of benzene rings is 1. The zero-order chi connectivity index (χ0) is 12.8. The fraction of sp³-hybridized carbons (Fsp3) is 0.500. The Morgan fingerprint density at radius 1 is 1.29 bits per heavy atom. The van der Waals surface area contributed by atoms with Gasteiger partial charge >= 0.3 is 5.97 Å². The average molecular weight is 235 g/mol. The first kappa shape index (κ1) is 13.7. The van der Waals surface area contributed by atoms with Gasteiger partial charge < -0.3 is 10.0 Å². The van der Waals surface area contributed by atoms with E-state index in [1.54, 1.807) is 6.92 Å². The summed E-state index contributed by atoms with van der Waals surface area (Å²) < 4.78 is 0. The summed E-state index contributed by atoms with van der Waals surface area (Å²) in [7, 11) is 1.95. The monoisotopic (exact) mass is 235 g/mol. The predicted molar refractivity (Wildman–Crippen MR) is 69.0 cm³/mol. The number of carboxylic acid groups (broad SMARTS) is 1. The highest BCUT2D eigenvalue weighted by Crippen LogP contribution is 2.08. The molecule has 0 radical (unpaired) electrons. The Balaban J connectivity index is 2.49. The molecule has 1 aromatic rings. The minimum Gasteiger partial charge on any atom is -0.481 e. The maximum Gasteiger partial charge on any atom is 0.307 e. The van der Waals surface area contributed by atoms with Crippen LogP contribution in [0.2, 0.25) is 0 Å². The molecule has 1 unspecified atom stereocenters. The molecule has 3 nitrogen and oxygen atoms in total. The summed E-state index contributed by atoms with van der Waals surface area (Å²) in [6.45, 7) is 5.24. The van der Waals surface area contributed by atoms with Crippen molar-refractivity contribution in [2.24, 2.45) is 5.92 Å². The molecule has 0 amide bonds. The maximum absolute atomic E-state index is 10.7. The van der Waals surface area contributed by atoms with Crippen molar-refractivity contribution in [2.45, 2.75) is 26.8 Å². The van der Waals surface area contributed by atoms with Crippen LogP contribution in [-0.4, -0.2) is 29.6 Å². The molecular formula is C14H21NO2. The van der Waals surface area contributed by atoms with E-state index in [4.69, 9.17) is 5.11 Å². The molecule has 3 heteroatoms. The van der Waals surface area contributed by atoms with Crippen LogP contribution in [0.25, 0.3) is 0 Å². The highest BCUT2D eigenvalue weighted by atomic mass is 16.4. The molecular weight excluding hydrogens is 214 g/mol. The molecule has 17 heavy (non-hydrogen) atoms. The quantitative estimate of drug-likeness (QED) is 0.823. The SMILES string of the molecule is CCc1ccc(CN(C)CC(C)C(=O)O)cc1. The fourth-order valence-electron chi connectivity index (χ4n) is 1.80. The number of rotatable bonds is 6. The van der Waals surface area contributed by atoms with E-state index in [0.29, 0.717) is 6.54 Å². The van der Waals surface area contributed by atoms with Gasteiger partial charge in [0.05, 0.1) is 5.92 Å². The van der Waals surface area contributed by atoms with Crippen LogP contribution in [-0.2, 0) is 17.8 Å². The molecule has 0 aromatic heterocycles. The largest absolute Gasteiger partial charge is 0.481 e. The predicted octanol–water partition coefficient (Wildman–Crippen LogP) is 2.40. The minimum absolute atomic E-state index is 0.324. The third kappa shape index (κ3) is 4.57. The molecule has 0 fully saturated rings. The Kier molecular flexibility index (Phi) is 5.16. The molecule has 0 saturated heterocycles. The summed E-state index contributed by atoms with van der Waals surface area (Å²) in [6, 6.07) is 8.48. The lowest BCUT2D eigenvalue weighted by atomic mass is 10.1. The van der Waals surface area contributed by atoms with E-state index >= 15 is 0 Å². The van der Waals surface area contributed by atoms with Crippen molar-refractivity contribution in [2.75, 3.05) is 13.6 Å². The highest BCUT2D eigenvalue weighted by molar-refractivity contribution is 5.69. The Morgan fingerprint density at radius 3 is 2.29 bits per heavy atom. The second kappa shape index (κ2) is 6.40. The van der Waals surface area contributed by atoms with Crippen molar-refractivity contribution in [1.82, 2.24) is 4.90 Å². The van der Waals surface area contributed by atoms with Crippen LogP contribution < -0.4 is 0 Å². The van der Waals surface area contributed by atoms with Crippen LogP contribution in [0.3, 0.4) is 0 Å². The lowest BCUT2D eigenvalue weighted by Gasteiger charge is -2.19. The van der Waals surface area contributed by atoms with Gasteiger partial charge in [0.2, 0.25) is 0 Å². The molecule has 0 aliphatic heterocycles. The van der Waals surface area contributed by atoms with E-state index in [9.17, 15) is 4.79 Å². The number of aliphatic carboxylic acids is 1. The average Bonchev–Trinajstić information content (AvgIpc) is 2.29. The Labute approximate surface area is 103 Å². The zero-order valence-corrected chi connectivity index (χ0v) is 10.8. The summed E-state index contributed by atoms with van der Waals surface area (Å²) in [5.41, 5.74) is 2.55. The molecule has 1 atom stereocenters. The van der Waals surface area contributed by atoms with Crippen molar-refractivity contribution in [3.63, 3.8) is 0 Å². The molecule has 1 aromatic carbocycles. The Bertz CT molecular complexity index is 359. The van der Waals surface area contributed by atoms with E-state index in [2.05, 4.69) is 31.2 Å². The van der Waals surface area contributed by atoms with Crippen molar-refractivity contribution >= 4 is 5.97 Å². The van der Waals surface area contributed by atoms with Crippen LogP contribution in [0.1, 0.15) is 25.0 Å². The molecule has 0 saturated carbocycles. The summed E-state index contributed by atoms with van der Waals surface area (Å²) in [5.74, 6) is -1.06. The lowest BCUT2D eigenvalue weighted by molar-refractivity contribution is -0.141.